The quantitative estimate of drug-likeness (QED) is 0.527. The van der Waals surface area contributed by atoms with Crippen LogP contribution in [0.15, 0.2) is 71.6 Å². The van der Waals surface area contributed by atoms with Crippen molar-refractivity contribution in [3.8, 4) is 5.75 Å². The highest BCUT2D eigenvalue weighted by molar-refractivity contribution is 7.89. The van der Waals surface area contributed by atoms with Crippen LogP contribution in [-0.4, -0.2) is 20.4 Å². The summed E-state index contributed by atoms with van der Waals surface area (Å²) in [6.45, 7) is 7.38. The van der Waals surface area contributed by atoms with Crippen molar-refractivity contribution in [2.75, 3.05) is 5.32 Å². The van der Waals surface area contributed by atoms with Gasteiger partial charge in [-0.25, -0.2) is 8.42 Å². The number of hydrogen-bond donors (Lipinski definition) is 2. The maximum Gasteiger partial charge on any atom is 0.242 e. The third-order valence-corrected chi connectivity index (χ3v) is 6.81. The predicted molar refractivity (Wildman–Crippen MR) is 126 cm³/mol. The molecule has 0 saturated heterocycles. The fourth-order valence-electron chi connectivity index (χ4n) is 3.56. The van der Waals surface area contributed by atoms with Crippen molar-refractivity contribution in [3.63, 3.8) is 0 Å². The Balaban J connectivity index is 1.60. The molecule has 3 aromatic carbocycles. The molecule has 7 heteroatoms. The van der Waals surface area contributed by atoms with Gasteiger partial charge in [0.1, 0.15) is 12.4 Å². The highest BCUT2D eigenvalue weighted by Crippen LogP contribution is 2.22. The van der Waals surface area contributed by atoms with Crippen molar-refractivity contribution in [2.45, 2.75) is 45.2 Å². The van der Waals surface area contributed by atoms with Crippen molar-refractivity contribution in [1.29, 1.82) is 0 Å². The molecule has 0 spiro atoms. The van der Waals surface area contributed by atoms with E-state index in [1.165, 1.54) is 6.92 Å². The van der Waals surface area contributed by atoms with E-state index in [1.807, 2.05) is 49.4 Å². The number of benzene rings is 3. The molecule has 0 aliphatic carbocycles. The Kier molecular flexibility index (Phi) is 7.33. The third-order valence-electron chi connectivity index (χ3n) is 4.97. The minimum absolute atomic E-state index is 0.211. The number of rotatable bonds is 8. The minimum Gasteiger partial charge on any atom is -0.489 e. The zero-order valence-corrected chi connectivity index (χ0v) is 19.5. The summed E-state index contributed by atoms with van der Waals surface area (Å²) in [6, 6.07) is 19.4. The Labute approximate surface area is 189 Å². The number of sulfonamides is 1. The smallest absolute Gasteiger partial charge is 0.242 e. The zero-order chi connectivity index (χ0) is 23.3. The maximum atomic E-state index is 12.9. The second-order valence-corrected chi connectivity index (χ2v) is 9.51. The summed E-state index contributed by atoms with van der Waals surface area (Å²) in [5, 5.41) is 2.73. The molecule has 0 heterocycles. The molecule has 0 fully saturated rings. The first kappa shape index (κ1) is 23.5. The summed E-state index contributed by atoms with van der Waals surface area (Å²) in [7, 11) is -3.85. The van der Waals surface area contributed by atoms with E-state index in [-0.39, 0.29) is 4.90 Å². The van der Waals surface area contributed by atoms with Gasteiger partial charge in [0.2, 0.25) is 15.9 Å². The van der Waals surface area contributed by atoms with Crippen molar-refractivity contribution < 1.29 is 17.9 Å². The molecular formula is C25H28N2O4S. The van der Waals surface area contributed by atoms with Crippen molar-refractivity contribution in [1.82, 2.24) is 4.72 Å². The van der Waals surface area contributed by atoms with E-state index in [0.717, 1.165) is 11.1 Å². The van der Waals surface area contributed by atoms with Gasteiger partial charge in [-0.15, -0.1) is 0 Å². The van der Waals surface area contributed by atoms with Crippen LogP contribution in [-0.2, 0) is 21.4 Å². The second kappa shape index (κ2) is 9.97. The Morgan fingerprint density at radius 1 is 0.938 bits per heavy atom. The Morgan fingerprint density at radius 2 is 1.53 bits per heavy atom. The maximum absolute atomic E-state index is 12.9. The molecule has 3 aromatic rings. The second-order valence-electron chi connectivity index (χ2n) is 7.86. The fourth-order valence-corrected chi connectivity index (χ4v) is 5.22. The lowest BCUT2D eigenvalue weighted by atomic mass is 10.1. The van der Waals surface area contributed by atoms with Crippen LogP contribution in [0.3, 0.4) is 0 Å². The molecule has 1 amide bonds. The summed E-state index contributed by atoms with van der Waals surface area (Å²) in [6.07, 6.45) is 0. The van der Waals surface area contributed by atoms with Crippen molar-refractivity contribution in [3.05, 3.63) is 89.0 Å². The highest BCUT2D eigenvalue weighted by Gasteiger charge is 2.25. The predicted octanol–water partition coefficient (Wildman–Crippen LogP) is 4.50. The average Bonchev–Trinajstić information content (AvgIpc) is 2.72. The van der Waals surface area contributed by atoms with Gasteiger partial charge in [-0.3, -0.25) is 4.79 Å². The molecule has 0 aromatic heterocycles. The van der Waals surface area contributed by atoms with Gasteiger partial charge in [-0.05, 0) is 68.7 Å². The van der Waals surface area contributed by atoms with Crippen LogP contribution in [0.1, 0.15) is 29.2 Å². The summed E-state index contributed by atoms with van der Waals surface area (Å²) < 4.78 is 34.0. The van der Waals surface area contributed by atoms with Gasteiger partial charge >= 0.3 is 0 Å². The summed E-state index contributed by atoms with van der Waals surface area (Å²) in [4.78, 5) is 12.8. The molecule has 1 unspecified atom stereocenters. The largest absolute Gasteiger partial charge is 0.489 e. The molecule has 0 aliphatic heterocycles. The standard InChI is InChI=1S/C25H28N2O4S/c1-17-14-18(2)24(19(3)15-17)32(29,30)27-20(4)25(28)26-22-10-12-23(13-11-22)31-16-21-8-6-5-7-9-21/h5-15,20,27H,16H2,1-4H3,(H,26,28). The molecule has 168 valence electrons. The van der Waals surface area contributed by atoms with Crippen LogP contribution >= 0.6 is 0 Å². The first-order valence-electron chi connectivity index (χ1n) is 10.3. The Hall–Kier alpha value is -3.16. The third kappa shape index (κ3) is 5.96. The average molecular weight is 453 g/mol. The van der Waals surface area contributed by atoms with Crippen molar-refractivity contribution >= 4 is 21.6 Å². The molecule has 0 bridgehead atoms. The summed E-state index contributed by atoms with van der Waals surface area (Å²) in [5.41, 5.74) is 3.89. The highest BCUT2D eigenvalue weighted by atomic mass is 32.2. The zero-order valence-electron chi connectivity index (χ0n) is 18.7. The van der Waals surface area contributed by atoms with Gasteiger partial charge in [0.15, 0.2) is 0 Å². The van der Waals surface area contributed by atoms with Crippen LogP contribution in [0, 0.1) is 20.8 Å². The number of amides is 1. The van der Waals surface area contributed by atoms with Crippen LogP contribution in [0.25, 0.3) is 0 Å². The number of carbonyl (C=O) groups is 1. The molecule has 32 heavy (non-hydrogen) atoms. The SMILES string of the molecule is Cc1cc(C)c(S(=O)(=O)NC(C)C(=O)Nc2ccc(OCc3ccccc3)cc2)c(C)c1. The monoisotopic (exact) mass is 452 g/mol. The fraction of sp³-hybridized carbons (Fsp3) is 0.240. The molecule has 3 rings (SSSR count). The number of carbonyl (C=O) groups excluding carboxylic acids is 1. The minimum atomic E-state index is -3.85. The lowest BCUT2D eigenvalue weighted by Gasteiger charge is -2.17. The molecule has 2 N–H and O–H groups in total. The number of ether oxygens (including phenoxy) is 1. The van der Waals surface area contributed by atoms with E-state index in [1.54, 1.807) is 38.1 Å². The number of aryl methyl sites for hydroxylation is 3. The van der Waals surface area contributed by atoms with E-state index >= 15 is 0 Å². The summed E-state index contributed by atoms with van der Waals surface area (Å²) in [5.74, 6) is 0.222. The van der Waals surface area contributed by atoms with Crippen LogP contribution < -0.4 is 14.8 Å². The number of anilines is 1. The molecule has 0 saturated carbocycles. The van der Waals surface area contributed by atoms with E-state index in [4.69, 9.17) is 4.74 Å². The normalized spacial score (nSPS) is 12.2. The van der Waals surface area contributed by atoms with Crippen LogP contribution in [0.4, 0.5) is 5.69 Å². The summed E-state index contributed by atoms with van der Waals surface area (Å²) >= 11 is 0. The van der Waals surface area contributed by atoms with Gasteiger partial charge in [0.05, 0.1) is 10.9 Å². The Bertz CT molecular complexity index is 1170. The number of nitrogens with one attached hydrogen (secondary N) is 2. The van der Waals surface area contributed by atoms with Gasteiger partial charge < -0.3 is 10.1 Å². The van der Waals surface area contributed by atoms with Gasteiger partial charge in [-0.2, -0.15) is 4.72 Å². The van der Waals surface area contributed by atoms with Crippen LogP contribution in [0.5, 0.6) is 5.75 Å². The number of hydrogen-bond acceptors (Lipinski definition) is 4. The van der Waals surface area contributed by atoms with E-state index in [9.17, 15) is 13.2 Å². The van der Waals surface area contributed by atoms with Gasteiger partial charge in [0, 0.05) is 5.69 Å². The lowest BCUT2D eigenvalue weighted by Crippen LogP contribution is -2.41. The molecule has 0 radical (unpaired) electrons. The van der Waals surface area contributed by atoms with Crippen molar-refractivity contribution in [2.24, 2.45) is 0 Å². The first-order chi connectivity index (χ1) is 15.2. The Morgan fingerprint density at radius 3 is 2.12 bits per heavy atom. The lowest BCUT2D eigenvalue weighted by molar-refractivity contribution is -0.117. The first-order valence-corrected chi connectivity index (χ1v) is 11.8. The topological polar surface area (TPSA) is 84.5 Å². The molecule has 1 atom stereocenters. The van der Waals surface area contributed by atoms with Crippen LogP contribution in [0.2, 0.25) is 0 Å². The van der Waals surface area contributed by atoms with Gasteiger partial charge in [0.25, 0.3) is 0 Å². The van der Waals surface area contributed by atoms with E-state index in [2.05, 4.69) is 10.0 Å². The molecule has 6 nitrogen and oxygen atoms in total. The molecular weight excluding hydrogens is 424 g/mol. The van der Waals surface area contributed by atoms with E-state index < -0.39 is 22.0 Å². The van der Waals surface area contributed by atoms with E-state index in [0.29, 0.717) is 29.2 Å². The van der Waals surface area contributed by atoms with Gasteiger partial charge in [-0.1, -0.05) is 48.0 Å². The molecule has 0 aliphatic rings.